The molecule has 0 unspecified atom stereocenters. The largest absolute Gasteiger partial charge is 0.299 e. The van der Waals surface area contributed by atoms with E-state index in [-0.39, 0.29) is 5.41 Å². The van der Waals surface area contributed by atoms with Crippen molar-refractivity contribution in [1.82, 2.24) is 0 Å². The number of Topliss-reactive ketones (excluding diaryl/α,β-unsaturated/α-hetero) is 1. The van der Waals surface area contributed by atoms with Gasteiger partial charge in [-0.05, 0) is 17.4 Å². The molecule has 1 aliphatic carbocycles. The SMILES string of the molecule is CC1(C)CCC(=O)C/C1=C\[C@@H](c1ccccc1)[Si](C)(C)c1ccccc1. The Morgan fingerprint density at radius 2 is 1.54 bits per heavy atom. The zero-order valence-corrected chi connectivity index (χ0v) is 17.5. The summed E-state index contributed by atoms with van der Waals surface area (Å²) in [4.78, 5) is 12.2. The van der Waals surface area contributed by atoms with Crippen molar-refractivity contribution in [3.63, 3.8) is 0 Å². The fourth-order valence-electron chi connectivity index (χ4n) is 4.07. The van der Waals surface area contributed by atoms with Gasteiger partial charge in [0.05, 0.1) is 8.07 Å². The van der Waals surface area contributed by atoms with Gasteiger partial charge >= 0.3 is 0 Å². The number of allylic oxidation sites excluding steroid dienone is 2. The van der Waals surface area contributed by atoms with Crippen LogP contribution in [0.25, 0.3) is 0 Å². The van der Waals surface area contributed by atoms with Gasteiger partial charge in [0.1, 0.15) is 5.78 Å². The van der Waals surface area contributed by atoms with Crippen LogP contribution in [0.5, 0.6) is 0 Å². The highest BCUT2D eigenvalue weighted by Gasteiger charge is 2.37. The van der Waals surface area contributed by atoms with E-state index in [1.54, 1.807) is 0 Å². The molecule has 26 heavy (non-hydrogen) atoms. The van der Waals surface area contributed by atoms with Gasteiger partial charge in [0.25, 0.3) is 0 Å². The second kappa shape index (κ2) is 7.36. The number of hydrogen-bond acceptors (Lipinski definition) is 1. The van der Waals surface area contributed by atoms with Gasteiger partial charge in [-0.15, -0.1) is 0 Å². The minimum atomic E-state index is -1.81. The molecule has 2 aromatic rings. The smallest absolute Gasteiger partial charge is 0.136 e. The van der Waals surface area contributed by atoms with Gasteiger partial charge in [0.2, 0.25) is 0 Å². The quantitative estimate of drug-likeness (QED) is 0.509. The van der Waals surface area contributed by atoms with Crippen LogP contribution in [0.15, 0.2) is 72.3 Å². The van der Waals surface area contributed by atoms with Crippen LogP contribution in [-0.2, 0) is 4.79 Å². The molecule has 0 radical (unpaired) electrons. The van der Waals surface area contributed by atoms with Crippen molar-refractivity contribution in [2.75, 3.05) is 0 Å². The first kappa shape index (κ1) is 18.8. The molecule has 0 aromatic heterocycles. The first-order chi connectivity index (χ1) is 12.3. The standard InChI is InChI=1S/C24H30OSi/c1-24(2)16-15-21(25)17-20(24)18-23(19-11-7-5-8-12-19)26(3,4)22-13-9-6-10-14-22/h5-14,18,23H,15-17H2,1-4H3/b20-18+/t23-/m0/s1. The van der Waals surface area contributed by atoms with Gasteiger partial charge in [0.15, 0.2) is 0 Å². The van der Waals surface area contributed by atoms with Crippen LogP contribution in [0, 0.1) is 5.41 Å². The molecule has 1 fully saturated rings. The van der Waals surface area contributed by atoms with Crippen LogP contribution in [0.4, 0.5) is 0 Å². The van der Waals surface area contributed by atoms with Gasteiger partial charge in [-0.2, -0.15) is 0 Å². The lowest BCUT2D eigenvalue weighted by molar-refractivity contribution is -0.120. The first-order valence-electron chi connectivity index (χ1n) is 9.64. The average Bonchev–Trinajstić information content (AvgIpc) is 2.64. The van der Waals surface area contributed by atoms with Gasteiger partial charge in [0, 0.05) is 18.4 Å². The molecule has 1 aliphatic rings. The number of benzene rings is 2. The van der Waals surface area contributed by atoms with E-state index in [1.807, 2.05) is 0 Å². The molecule has 2 heteroatoms. The summed E-state index contributed by atoms with van der Waals surface area (Å²) in [6.45, 7) is 9.50. The predicted octanol–water partition coefficient (Wildman–Crippen LogP) is 5.63. The summed E-state index contributed by atoms with van der Waals surface area (Å²) in [6, 6.07) is 21.8. The van der Waals surface area contributed by atoms with E-state index in [4.69, 9.17) is 0 Å². The molecule has 0 bridgehead atoms. The Balaban J connectivity index is 2.10. The van der Waals surface area contributed by atoms with Crippen LogP contribution in [-0.4, -0.2) is 13.9 Å². The molecule has 2 aromatic carbocycles. The van der Waals surface area contributed by atoms with Crippen LogP contribution in [0.3, 0.4) is 0 Å². The van der Waals surface area contributed by atoms with Gasteiger partial charge < -0.3 is 0 Å². The van der Waals surface area contributed by atoms with Gasteiger partial charge in [-0.3, -0.25) is 4.79 Å². The highest BCUT2D eigenvalue weighted by atomic mass is 28.3. The van der Waals surface area contributed by atoms with Crippen LogP contribution < -0.4 is 5.19 Å². The molecular weight excluding hydrogens is 332 g/mol. The van der Waals surface area contributed by atoms with Crippen molar-refractivity contribution in [3.05, 3.63) is 77.9 Å². The minimum absolute atomic E-state index is 0.113. The summed E-state index contributed by atoms with van der Waals surface area (Å²) in [5.74, 6) is 0.390. The fourth-order valence-corrected chi connectivity index (χ4v) is 7.12. The molecule has 0 N–H and O–H groups in total. The van der Waals surface area contributed by atoms with E-state index in [9.17, 15) is 4.79 Å². The van der Waals surface area contributed by atoms with Crippen molar-refractivity contribution in [2.24, 2.45) is 5.41 Å². The Bertz CT molecular complexity index is 787. The lowest BCUT2D eigenvalue weighted by Crippen LogP contribution is -2.47. The van der Waals surface area contributed by atoms with Gasteiger partial charge in [-0.1, -0.05) is 104 Å². The molecule has 136 valence electrons. The highest BCUT2D eigenvalue weighted by molar-refractivity contribution is 6.91. The van der Waals surface area contributed by atoms with Crippen molar-refractivity contribution >= 4 is 19.0 Å². The number of hydrogen-bond donors (Lipinski definition) is 0. The third-order valence-electron chi connectivity index (χ3n) is 6.11. The fraction of sp³-hybridized carbons (Fsp3) is 0.375. The Labute approximate surface area is 159 Å². The number of rotatable bonds is 4. The van der Waals surface area contributed by atoms with Crippen molar-refractivity contribution in [1.29, 1.82) is 0 Å². The topological polar surface area (TPSA) is 17.1 Å². The number of carbonyl (C=O) groups excluding carboxylic acids is 1. The minimum Gasteiger partial charge on any atom is -0.299 e. The summed E-state index contributed by atoms with van der Waals surface area (Å²) in [6.07, 6.45) is 4.77. The molecule has 0 spiro atoms. The molecule has 0 amide bonds. The maximum absolute atomic E-state index is 12.2. The summed E-state index contributed by atoms with van der Waals surface area (Å²) in [5.41, 5.74) is 3.18. The predicted molar refractivity (Wildman–Crippen MR) is 113 cm³/mol. The van der Waals surface area contributed by atoms with Crippen molar-refractivity contribution < 1.29 is 4.79 Å². The molecule has 1 nitrogen and oxygen atoms in total. The van der Waals surface area contributed by atoms with Crippen LogP contribution in [0.2, 0.25) is 13.1 Å². The molecular formula is C24H30OSi. The zero-order valence-electron chi connectivity index (χ0n) is 16.5. The van der Waals surface area contributed by atoms with E-state index in [1.165, 1.54) is 16.3 Å². The summed E-state index contributed by atoms with van der Waals surface area (Å²) >= 11 is 0. The first-order valence-corrected chi connectivity index (χ1v) is 12.7. The Kier molecular flexibility index (Phi) is 5.33. The van der Waals surface area contributed by atoms with E-state index < -0.39 is 8.07 Å². The zero-order chi connectivity index (χ0) is 18.8. The number of ketones is 1. The van der Waals surface area contributed by atoms with Crippen molar-refractivity contribution in [2.45, 2.75) is 51.7 Å². The molecule has 1 atom stereocenters. The maximum Gasteiger partial charge on any atom is 0.136 e. The summed E-state index contributed by atoms with van der Waals surface area (Å²) in [7, 11) is -1.81. The number of carbonyl (C=O) groups is 1. The second-order valence-electron chi connectivity index (χ2n) is 8.77. The molecule has 0 aliphatic heterocycles. The van der Waals surface area contributed by atoms with Crippen LogP contribution >= 0.6 is 0 Å². The average molecular weight is 363 g/mol. The lowest BCUT2D eigenvalue weighted by Gasteiger charge is -2.37. The molecule has 3 rings (SSSR count). The Hall–Kier alpha value is -1.93. The van der Waals surface area contributed by atoms with E-state index in [0.717, 1.165) is 12.8 Å². The third kappa shape index (κ3) is 3.91. The van der Waals surface area contributed by atoms with E-state index in [2.05, 4.69) is 93.7 Å². The summed E-state index contributed by atoms with van der Waals surface area (Å²) in [5, 5.41) is 1.46. The van der Waals surface area contributed by atoms with Crippen LogP contribution in [0.1, 0.15) is 44.2 Å². The Morgan fingerprint density at radius 1 is 0.962 bits per heavy atom. The van der Waals surface area contributed by atoms with Gasteiger partial charge in [-0.25, -0.2) is 0 Å². The monoisotopic (exact) mass is 362 g/mol. The van der Waals surface area contributed by atoms with E-state index in [0.29, 0.717) is 17.7 Å². The third-order valence-corrected chi connectivity index (χ3v) is 9.98. The lowest BCUT2D eigenvalue weighted by atomic mass is 9.72. The normalized spacial score (nSPS) is 20.2. The Morgan fingerprint density at radius 3 is 2.15 bits per heavy atom. The molecule has 0 heterocycles. The maximum atomic E-state index is 12.2. The molecule has 0 saturated heterocycles. The van der Waals surface area contributed by atoms with Crippen molar-refractivity contribution in [3.8, 4) is 0 Å². The van der Waals surface area contributed by atoms with E-state index >= 15 is 0 Å². The summed E-state index contributed by atoms with van der Waals surface area (Å²) < 4.78 is 0. The second-order valence-corrected chi connectivity index (χ2v) is 13.4. The highest BCUT2D eigenvalue weighted by Crippen LogP contribution is 2.41. The molecule has 1 saturated carbocycles.